The Bertz CT molecular complexity index is 1310. The van der Waals surface area contributed by atoms with Gasteiger partial charge >= 0.3 is 11.9 Å². The average Bonchev–Trinajstić information content (AvgIpc) is 3.08. The van der Waals surface area contributed by atoms with Gasteiger partial charge in [0.15, 0.2) is 6.29 Å². The Hall–Kier alpha value is -2.72. The molecular formula is C37H61N3O11. The van der Waals surface area contributed by atoms with Crippen LogP contribution in [0.1, 0.15) is 80.2 Å². The van der Waals surface area contributed by atoms with Crippen LogP contribution in [0.2, 0.25) is 0 Å². The number of nitrogens with zero attached hydrogens (tertiary/aromatic N) is 3. The van der Waals surface area contributed by atoms with Crippen molar-refractivity contribution in [3.8, 4) is 0 Å². The van der Waals surface area contributed by atoms with Crippen molar-refractivity contribution in [1.82, 2.24) is 9.88 Å². The van der Waals surface area contributed by atoms with E-state index in [0.29, 0.717) is 12.0 Å². The van der Waals surface area contributed by atoms with Crippen LogP contribution in [-0.4, -0.2) is 129 Å². The number of carbonyl (C=O) groups is 2. The number of pyridine rings is 1. The van der Waals surface area contributed by atoms with Crippen LogP contribution in [0.4, 0.5) is 0 Å². The zero-order valence-electron chi connectivity index (χ0n) is 32.1. The maximum atomic E-state index is 14.0. The zero-order valence-corrected chi connectivity index (χ0v) is 32.1. The van der Waals surface area contributed by atoms with Crippen molar-refractivity contribution in [2.24, 2.45) is 28.8 Å². The highest BCUT2D eigenvalue weighted by Gasteiger charge is 2.52. The molecule has 3 heterocycles. The van der Waals surface area contributed by atoms with Crippen LogP contribution >= 0.6 is 0 Å². The van der Waals surface area contributed by atoms with Gasteiger partial charge < -0.3 is 49.1 Å². The van der Waals surface area contributed by atoms with Crippen LogP contribution in [0.15, 0.2) is 29.7 Å². The summed E-state index contributed by atoms with van der Waals surface area (Å²) in [6.45, 7) is 13.5. The number of cyclic esters (lactones) is 1. The highest BCUT2D eigenvalue weighted by atomic mass is 16.7. The second-order valence-electron chi connectivity index (χ2n) is 15.2. The lowest BCUT2D eigenvalue weighted by molar-refractivity contribution is -0.301. The van der Waals surface area contributed by atoms with E-state index in [9.17, 15) is 30.1 Å². The molecule has 0 aromatic carbocycles. The molecule has 0 saturated carbocycles. The first-order chi connectivity index (χ1) is 23.8. The van der Waals surface area contributed by atoms with Crippen LogP contribution in [-0.2, 0) is 39.7 Å². The number of rotatable bonds is 8. The second-order valence-corrected chi connectivity index (χ2v) is 15.2. The van der Waals surface area contributed by atoms with Crippen molar-refractivity contribution in [3.05, 3.63) is 30.1 Å². The van der Waals surface area contributed by atoms with Crippen molar-refractivity contribution in [2.75, 3.05) is 21.2 Å². The number of aliphatic hydroxyl groups excluding tert-OH is 2. The summed E-state index contributed by atoms with van der Waals surface area (Å²) in [6.07, 6.45) is -3.44. The second kappa shape index (κ2) is 17.9. The van der Waals surface area contributed by atoms with E-state index in [1.807, 2.05) is 25.9 Å². The topological polar surface area (TPSA) is 190 Å². The van der Waals surface area contributed by atoms with E-state index >= 15 is 0 Å². The third-order valence-electron chi connectivity index (χ3n) is 11.0. The Labute approximate surface area is 302 Å². The summed E-state index contributed by atoms with van der Waals surface area (Å²) in [5.41, 5.74) is -2.42. The molecule has 0 amide bonds. The van der Waals surface area contributed by atoms with E-state index in [1.165, 1.54) is 14.0 Å². The third-order valence-corrected chi connectivity index (χ3v) is 11.0. The minimum atomic E-state index is -1.95. The molecule has 0 spiro atoms. The molecule has 14 atom stereocenters. The van der Waals surface area contributed by atoms with Crippen LogP contribution in [0.5, 0.6) is 0 Å². The van der Waals surface area contributed by atoms with Gasteiger partial charge in [-0.2, -0.15) is 0 Å². The molecule has 14 heteroatoms. The van der Waals surface area contributed by atoms with Crippen LogP contribution in [0, 0.1) is 23.7 Å². The summed E-state index contributed by atoms with van der Waals surface area (Å²) >= 11 is 0. The number of hydrogen-bond acceptors (Lipinski definition) is 14. The van der Waals surface area contributed by atoms with E-state index in [4.69, 9.17) is 23.7 Å². The SMILES string of the molecule is CC[C@H]1OC(=O)[C@H](C)[C@@H](OC(=O)Cc2cccnc2)[C@H](C)[C@@H](OC2O[C@H](C)C[C@H](N(C)C)[C@H]2O)[C@@](C)(OC)C[C@@H](C)/C(=N\O)[C@H](C)[C@@H](O)[C@]1(C)O. The van der Waals surface area contributed by atoms with Gasteiger partial charge in [0.25, 0.3) is 0 Å². The predicted octanol–water partition coefficient (Wildman–Crippen LogP) is 2.96. The molecule has 14 nitrogen and oxygen atoms in total. The largest absolute Gasteiger partial charge is 0.461 e. The molecule has 3 rings (SSSR count). The standard InChI is InChI=1S/C37H61N3O11/c1-12-27-37(8,45)32(43)22(4)29(39-46)20(2)18-36(7,47-11)33(51-35-30(42)26(40(9)10)16-21(3)48-35)23(5)31(24(6)34(44)49-27)50-28(41)17-25-14-13-15-38-19-25/h13-15,19-24,26-27,30-33,35,42-43,45-46H,12,16-18H2,1-11H3/b39-29+/t20-,21-,22+,23+,24-,26+,27-,30-,31+,32-,33-,35?,36+,37-/m1/s1. The molecule has 0 bridgehead atoms. The summed E-state index contributed by atoms with van der Waals surface area (Å²) in [6, 6.07) is 3.15. The Kier molecular flexibility index (Phi) is 15.0. The molecule has 2 fully saturated rings. The normalized spacial score (nSPS) is 41.2. The summed E-state index contributed by atoms with van der Waals surface area (Å²) < 4.78 is 31.2. The van der Waals surface area contributed by atoms with Gasteiger partial charge in [0.05, 0.1) is 42.0 Å². The van der Waals surface area contributed by atoms with E-state index in [0.717, 1.165) is 0 Å². The fourth-order valence-corrected chi connectivity index (χ4v) is 7.85. The van der Waals surface area contributed by atoms with Crippen LogP contribution in [0.3, 0.4) is 0 Å². The molecule has 1 aromatic heterocycles. The number of carbonyl (C=O) groups excluding carboxylic acids is 2. The zero-order chi connectivity index (χ0) is 38.4. The molecule has 2 aliphatic rings. The number of hydrogen-bond donors (Lipinski definition) is 4. The van der Waals surface area contributed by atoms with Gasteiger partial charge in [-0.25, -0.2) is 0 Å². The summed E-state index contributed by atoms with van der Waals surface area (Å²) in [5.74, 6) is -4.72. The summed E-state index contributed by atoms with van der Waals surface area (Å²) in [4.78, 5) is 33.6. The van der Waals surface area contributed by atoms with Gasteiger partial charge in [-0.05, 0) is 72.7 Å². The Morgan fingerprint density at radius 3 is 2.35 bits per heavy atom. The molecule has 51 heavy (non-hydrogen) atoms. The highest BCUT2D eigenvalue weighted by Crippen LogP contribution is 2.40. The molecular weight excluding hydrogens is 662 g/mol. The molecule has 290 valence electrons. The van der Waals surface area contributed by atoms with Gasteiger partial charge in [-0.1, -0.05) is 38.9 Å². The fraction of sp³-hybridized carbons (Fsp3) is 0.784. The van der Waals surface area contributed by atoms with Gasteiger partial charge in [-0.15, -0.1) is 0 Å². The summed E-state index contributed by atoms with van der Waals surface area (Å²) in [7, 11) is 5.23. The molecule has 1 unspecified atom stereocenters. The van der Waals surface area contributed by atoms with E-state index in [1.54, 1.807) is 66.1 Å². The highest BCUT2D eigenvalue weighted by molar-refractivity contribution is 5.88. The van der Waals surface area contributed by atoms with Crippen molar-refractivity contribution >= 4 is 17.7 Å². The lowest BCUT2D eigenvalue weighted by Gasteiger charge is -2.48. The van der Waals surface area contributed by atoms with Crippen LogP contribution in [0.25, 0.3) is 0 Å². The monoisotopic (exact) mass is 723 g/mol. The smallest absolute Gasteiger partial charge is 0.312 e. The first kappa shape index (κ1) is 42.7. The first-order valence-electron chi connectivity index (χ1n) is 17.9. The molecule has 2 saturated heterocycles. The number of aliphatic hydroxyl groups is 3. The van der Waals surface area contributed by atoms with Crippen LogP contribution < -0.4 is 0 Å². The maximum Gasteiger partial charge on any atom is 0.312 e. The van der Waals surface area contributed by atoms with Crippen molar-refractivity contribution in [1.29, 1.82) is 0 Å². The molecule has 0 aliphatic carbocycles. The maximum absolute atomic E-state index is 14.0. The number of methoxy groups -OCH3 is 1. The lowest BCUT2D eigenvalue weighted by atomic mass is 9.73. The van der Waals surface area contributed by atoms with Gasteiger partial charge in [0, 0.05) is 43.3 Å². The minimum absolute atomic E-state index is 0.123. The number of ether oxygens (including phenoxy) is 5. The lowest BCUT2D eigenvalue weighted by Crippen LogP contribution is -2.60. The minimum Gasteiger partial charge on any atom is -0.461 e. The van der Waals surface area contributed by atoms with E-state index in [-0.39, 0.29) is 37.1 Å². The average molecular weight is 724 g/mol. The first-order valence-corrected chi connectivity index (χ1v) is 17.9. The summed E-state index contributed by atoms with van der Waals surface area (Å²) in [5, 5.41) is 48.5. The molecule has 2 aliphatic heterocycles. The number of aromatic nitrogens is 1. The predicted molar refractivity (Wildman–Crippen MR) is 188 cm³/mol. The Balaban J connectivity index is 2.21. The van der Waals surface area contributed by atoms with Crippen molar-refractivity contribution in [2.45, 2.75) is 141 Å². The van der Waals surface area contributed by atoms with Gasteiger partial charge in [0.1, 0.15) is 23.9 Å². The Morgan fingerprint density at radius 1 is 1.14 bits per heavy atom. The Morgan fingerprint density at radius 2 is 1.80 bits per heavy atom. The number of likely N-dealkylation sites (N-methyl/N-ethyl adjacent to an activating group) is 1. The fourth-order valence-electron chi connectivity index (χ4n) is 7.85. The van der Waals surface area contributed by atoms with Crippen molar-refractivity contribution < 1.29 is 53.8 Å². The molecule has 0 radical (unpaired) electrons. The number of oxime groups is 1. The third kappa shape index (κ3) is 9.83. The number of esters is 2. The van der Waals surface area contributed by atoms with Crippen molar-refractivity contribution in [3.63, 3.8) is 0 Å². The molecule has 1 aromatic rings. The van der Waals surface area contributed by atoms with E-state index < -0.39 is 83.6 Å². The quantitative estimate of drug-likeness (QED) is 0.174. The van der Waals surface area contributed by atoms with E-state index in [2.05, 4.69) is 10.1 Å². The molecule has 4 N–H and O–H groups in total. The van der Waals surface area contributed by atoms with Gasteiger partial charge in [0.2, 0.25) is 0 Å². The van der Waals surface area contributed by atoms with Gasteiger partial charge in [-0.3, -0.25) is 14.6 Å².